The molecule has 21 aromatic carbocycles. The number of benzene rings is 21. The van der Waals surface area contributed by atoms with Crippen molar-refractivity contribution in [1.82, 2.24) is 43.6 Å². The van der Waals surface area contributed by atoms with Gasteiger partial charge in [0.25, 0.3) is 0 Å². The second kappa shape index (κ2) is 36.9. The van der Waals surface area contributed by atoms with Crippen molar-refractivity contribution in [2.75, 3.05) is 0 Å². The quantitative estimate of drug-likeness (QED) is 0.108. The fourth-order valence-electron chi connectivity index (χ4n) is 21.5. The van der Waals surface area contributed by atoms with E-state index in [4.69, 9.17) is 29.9 Å². The summed E-state index contributed by atoms with van der Waals surface area (Å²) < 4.78 is 14.1. The highest BCUT2D eigenvalue weighted by Crippen LogP contribution is 2.48. The Labute approximate surface area is 864 Å². The molecule has 30 aromatic rings. The fraction of sp³-hybridized carbons (Fsp3) is 0. The Morgan fingerprint density at radius 1 is 0.142 bits per heavy atom. The van der Waals surface area contributed by atoms with Gasteiger partial charge in [-0.15, -0.1) is 34.0 Å². The van der Waals surface area contributed by atoms with E-state index >= 15 is 0 Å². The van der Waals surface area contributed by atoms with E-state index in [0.29, 0.717) is 0 Å². The molecule has 0 bridgehead atoms. The lowest BCUT2D eigenvalue weighted by molar-refractivity contribution is 1.18. The summed E-state index contributed by atoms with van der Waals surface area (Å²) in [5, 5.41) is 13.5. The Balaban J connectivity index is 0.000000107. The van der Waals surface area contributed by atoms with Crippen molar-refractivity contribution in [3.8, 4) is 141 Å². The third kappa shape index (κ3) is 15.6. The van der Waals surface area contributed by atoms with Crippen molar-refractivity contribution in [3.63, 3.8) is 0 Å². The van der Waals surface area contributed by atoms with Crippen LogP contribution in [0.15, 0.2) is 516 Å². The van der Waals surface area contributed by atoms with Crippen molar-refractivity contribution >= 4 is 171 Å². The smallest absolute Gasteiger partial charge is 0.160 e. The molecule has 0 saturated carbocycles. The first-order valence-corrected chi connectivity index (χ1v) is 52.3. The summed E-state index contributed by atoms with van der Waals surface area (Å²) in [6.07, 6.45) is 0. The first-order valence-electron chi connectivity index (χ1n) is 49.8. The van der Waals surface area contributed by atoms with E-state index in [9.17, 15) is 0 Å². The van der Waals surface area contributed by atoms with Crippen LogP contribution in [0.1, 0.15) is 0 Å². The van der Waals surface area contributed by atoms with Gasteiger partial charge >= 0.3 is 0 Å². The maximum Gasteiger partial charge on any atom is 0.160 e. The van der Waals surface area contributed by atoms with Gasteiger partial charge in [-0.25, -0.2) is 29.9 Å². The lowest BCUT2D eigenvalue weighted by atomic mass is 9.99. The van der Waals surface area contributed by atoms with Gasteiger partial charge in [0.1, 0.15) is 0 Å². The van der Waals surface area contributed by atoms with E-state index in [2.05, 4.69) is 457 Å². The van der Waals surface area contributed by atoms with Gasteiger partial charge in [0.05, 0.1) is 80.8 Å². The van der Waals surface area contributed by atoms with Crippen molar-refractivity contribution < 1.29 is 0 Å². The molecule has 9 nitrogen and oxygen atoms in total. The number of hydrogen-bond donors (Lipinski definition) is 0. The third-order valence-electron chi connectivity index (χ3n) is 28.7. The van der Waals surface area contributed by atoms with Crippen molar-refractivity contribution in [3.05, 3.63) is 516 Å². The Morgan fingerprint density at radius 3 is 0.716 bits per heavy atom. The van der Waals surface area contributed by atoms with Gasteiger partial charge in [-0.2, -0.15) is 0 Å². The highest BCUT2D eigenvalue weighted by Gasteiger charge is 2.25. The van der Waals surface area contributed by atoms with Crippen LogP contribution >= 0.6 is 34.0 Å². The number of para-hydroxylation sites is 5. The van der Waals surface area contributed by atoms with Crippen molar-refractivity contribution in [2.45, 2.75) is 0 Å². The van der Waals surface area contributed by atoms with Crippen LogP contribution in [0, 0.1) is 0 Å². The molecule has 0 radical (unpaired) electrons. The van der Waals surface area contributed by atoms with Crippen molar-refractivity contribution in [2.24, 2.45) is 0 Å². The average Bonchev–Trinajstić information content (AvgIpc) is 1.61. The Hall–Kier alpha value is -18.8. The molecule has 12 heteroatoms. The molecule has 0 N–H and O–H groups in total. The summed E-state index contributed by atoms with van der Waals surface area (Å²) in [6.45, 7) is 0. The standard InChI is InChI=1S/2C46H29N3S.C44H27N3S/c1-4-12-30(13-5-1)34-22-26-41-38(28-34)37-18-10-11-19-40(37)49(41)36-24-20-31(21-25-36)35-23-27-42-39(29-35)44-45(50-42)43(32-14-6-2-7-15-32)47-46(48-44)33-16-8-3-9-17-33;1-3-11-33(12-4-1)43-45-44(48-46(47-43)34-13-5-2-6-14-34)39-29-35(25-28-42(39)50-45)32-21-19-30(20-22-32)31-23-26-36(27-24-31)49-40-17-9-7-15-37(40)38-16-8-10-18-41(38)49;1-3-11-28(12-4-1)41-43-42(46-44(45-41)29-13-5-2-6-14-29)37-27-33(22-24-40(37)48-43)30-19-20-32-26-34(23-21-31(32)25-30)47-38-17-9-7-15-35(38)36-16-8-10-18-39(36)47/h2*1-29H;1-27H. The van der Waals surface area contributed by atoms with Gasteiger partial charge < -0.3 is 13.7 Å². The van der Waals surface area contributed by atoms with Crippen LogP contribution in [0.2, 0.25) is 0 Å². The molecule has 148 heavy (non-hydrogen) atoms. The SMILES string of the molecule is c1ccc(-c2ccc3c(c2)c2ccccc2n3-c2ccc(-c3ccc4sc5c(-c6ccccc6)nc(-c6ccccc6)nc5c4c3)cc2)cc1.c1ccc(-c2nc(-c3ccccc3)c3sc4ccc(-c5ccc(-c6ccc(-n7c8ccccc8c8ccccc87)cc6)cc5)cc4c3n2)cc1.c1ccc(-c2nc(-c3ccccc3)c3sc4ccc(-c5ccc6cc(-n7c8ccccc8c8ccccc87)ccc6c5)cc4c3n2)cc1. The molecule has 0 aliphatic carbocycles. The van der Waals surface area contributed by atoms with Crippen LogP contribution in [0.25, 0.3) is 278 Å². The second-order valence-electron chi connectivity index (χ2n) is 37.5. The normalized spacial score (nSPS) is 11.6. The Kier molecular flexibility index (Phi) is 21.7. The van der Waals surface area contributed by atoms with E-state index < -0.39 is 0 Å². The molecular weight excluding hydrogens is 1860 g/mol. The van der Waals surface area contributed by atoms with Gasteiger partial charge in [0.2, 0.25) is 0 Å². The van der Waals surface area contributed by atoms with Crippen LogP contribution in [0.5, 0.6) is 0 Å². The lowest BCUT2D eigenvalue weighted by Gasteiger charge is -2.10. The summed E-state index contributed by atoms with van der Waals surface area (Å²) in [7, 11) is 0. The summed E-state index contributed by atoms with van der Waals surface area (Å²) >= 11 is 5.30. The molecular formula is C136H85N9S3. The molecule has 9 aromatic heterocycles. The molecule has 9 heterocycles. The zero-order valence-corrected chi connectivity index (χ0v) is 82.3. The monoisotopic (exact) mass is 1940 g/mol. The van der Waals surface area contributed by atoms with Gasteiger partial charge in [0, 0.05) is 113 Å². The zero-order chi connectivity index (χ0) is 97.6. The molecule has 0 fully saturated rings. The molecule has 0 aliphatic rings. The molecule has 0 unspecified atom stereocenters. The van der Waals surface area contributed by atoms with Crippen LogP contribution in [0.4, 0.5) is 0 Å². The zero-order valence-electron chi connectivity index (χ0n) is 79.8. The molecule has 0 spiro atoms. The van der Waals surface area contributed by atoms with E-state index in [-0.39, 0.29) is 0 Å². The molecule has 30 rings (SSSR count). The van der Waals surface area contributed by atoms with E-state index in [1.54, 1.807) is 34.0 Å². The number of nitrogens with zero attached hydrogens (tertiary/aromatic N) is 9. The average molecular weight is 1940 g/mol. The lowest BCUT2D eigenvalue weighted by Crippen LogP contribution is -1.94. The molecule has 692 valence electrons. The van der Waals surface area contributed by atoms with Gasteiger partial charge in [-0.1, -0.05) is 394 Å². The Bertz CT molecular complexity index is 10300. The first kappa shape index (κ1) is 87.0. The predicted molar refractivity (Wildman–Crippen MR) is 625 cm³/mol. The van der Waals surface area contributed by atoms with Gasteiger partial charge in [-0.05, 0) is 188 Å². The van der Waals surface area contributed by atoms with Crippen LogP contribution < -0.4 is 0 Å². The van der Waals surface area contributed by atoms with E-state index in [1.807, 2.05) is 72.8 Å². The highest BCUT2D eigenvalue weighted by atomic mass is 32.1. The topological polar surface area (TPSA) is 92.1 Å². The van der Waals surface area contributed by atoms with Gasteiger partial charge in [-0.3, -0.25) is 0 Å². The summed E-state index contributed by atoms with van der Waals surface area (Å²) in [6, 6.07) is 184. The predicted octanol–water partition coefficient (Wildman–Crippen LogP) is 37.3. The maximum absolute atomic E-state index is 5.18. The molecule has 0 saturated heterocycles. The minimum Gasteiger partial charge on any atom is -0.309 e. The van der Waals surface area contributed by atoms with Crippen LogP contribution in [0.3, 0.4) is 0 Å². The number of aromatic nitrogens is 9. The maximum atomic E-state index is 5.18. The number of thiophene rings is 3. The molecule has 0 aliphatic heterocycles. The van der Waals surface area contributed by atoms with E-state index in [1.165, 1.54) is 152 Å². The highest BCUT2D eigenvalue weighted by molar-refractivity contribution is 7.27. The number of rotatable bonds is 14. The minimum absolute atomic E-state index is 0.744. The summed E-state index contributed by atoms with van der Waals surface area (Å²) in [4.78, 5) is 30.8. The Morgan fingerprint density at radius 2 is 0.365 bits per heavy atom. The second-order valence-corrected chi connectivity index (χ2v) is 40.6. The number of hydrogen-bond acceptors (Lipinski definition) is 9. The van der Waals surface area contributed by atoms with Gasteiger partial charge in [0.15, 0.2) is 17.5 Å². The summed E-state index contributed by atoms with van der Waals surface area (Å²) in [5.41, 5.74) is 34.9. The van der Waals surface area contributed by atoms with E-state index in [0.717, 1.165) is 126 Å². The van der Waals surface area contributed by atoms with Crippen molar-refractivity contribution in [1.29, 1.82) is 0 Å². The molecule has 0 amide bonds. The van der Waals surface area contributed by atoms with Crippen LogP contribution in [-0.4, -0.2) is 43.6 Å². The third-order valence-corrected chi connectivity index (χ3v) is 32.2. The summed E-state index contributed by atoms with van der Waals surface area (Å²) in [5.74, 6) is 2.24. The minimum atomic E-state index is 0.744. The first-order chi connectivity index (χ1) is 73.3. The number of fused-ring (bicyclic) bond motifs is 19. The fourth-order valence-corrected chi connectivity index (χ4v) is 24.9. The molecule has 0 atom stereocenters. The largest absolute Gasteiger partial charge is 0.309 e. The van der Waals surface area contributed by atoms with Crippen LogP contribution in [-0.2, 0) is 0 Å².